The summed E-state index contributed by atoms with van der Waals surface area (Å²) in [5.74, 6) is 2.14. The molecule has 146 valence electrons. The van der Waals surface area contributed by atoms with Gasteiger partial charge >= 0.3 is 0 Å². The minimum Gasteiger partial charge on any atom is -0.497 e. The Morgan fingerprint density at radius 2 is 1.96 bits per heavy atom. The summed E-state index contributed by atoms with van der Waals surface area (Å²) in [4.78, 5) is 13.9. The van der Waals surface area contributed by atoms with Crippen molar-refractivity contribution in [2.45, 2.75) is 37.0 Å². The van der Waals surface area contributed by atoms with Crippen LogP contribution in [0.3, 0.4) is 0 Å². The van der Waals surface area contributed by atoms with Crippen LogP contribution in [-0.2, 0) is 5.75 Å². The van der Waals surface area contributed by atoms with E-state index in [9.17, 15) is 4.79 Å². The molecule has 1 aromatic heterocycles. The van der Waals surface area contributed by atoms with Gasteiger partial charge in [-0.3, -0.25) is 4.79 Å². The Morgan fingerprint density at radius 1 is 1.21 bits per heavy atom. The number of benzene rings is 2. The highest BCUT2D eigenvalue weighted by Crippen LogP contribution is 2.28. The van der Waals surface area contributed by atoms with E-state index in [0.29, 0.717) is 11.3 Å². The topological polar surface area (TPSA) is 64.4 Å². The predicted molar refractivity (Wildman–Crippen MR) is 111 cm³/mol. The monoisotopic (exact) mass is 396 g/mol. The van der Waals surface area contributed by atoms with E-state index in [1.807, 2.05) is 61.5 Å². The van der Waals surface area contributed by atoms with Gasteiger partial charge in [0.1, 0.15) is 11.5 Å². The zero-order valence-electron chi connectivity index (χ0n) is 16.3. The molecule has 3 aromatic rings. The number of nitrogens with one attached hydrogen (secondary N) is 1. The highest BCUT2D eigenvalue weighted by Gasteiger charge is 2.17. The Labute approximate surface area is 169 Å². The summed E-state index contributed by atoms with van der Waals surface area (Å²) < 4.78 is 10.5. The molecule has 0 aliphatic rings. The number of carbonyl (C=O) groups is 1. The Bertz CT molecular complexity index is 922. The molecule has 0 aliphatic carbocycles. The molecule has 1 unspecified atom stereocenters. The summed E-state index contributed by atoms with van der Waals surface area (Å²) in [6.45, 7) is 3.95. The van der Waals surface area contributed by atoms with Gasteiger partial charge in [-0.25, -0.2) is 0 Å². The maximum absolute atomic E-state index is 13.0. The van der Waals surface area contributed by atoms with Gasteiger partial charge in [-0.05, 0) is 43.2 Å². The van der Waals surface area contributed by atoms with Crippen molar-refractivity contribution in [1.82, 2.24) is 10.5 Å². The molecule has 0 spiro atoms. The van der Waals surface area contributed by atoms with E-state index in [1.54, 1.807) is 18.9 Å². The van der Waals surface area contributed by atoms with E-state index >= 15 is 0 Å². The van der Waals surface area contributed by atoms with Crippen LogP contribution in [0.4, 0.5) is 0 Å². The van der Waals surface area contributed by atoms with Gasteiger partial charge in [-0.1, -0.05) is 36.3 Å². The highest BCUT2D eigenvalue weighted by molar-refractivity contribution is 7.98. The molecule has 0 fully saturated rings. The molecule has 1 N–H and O–H groups in total. The van der Waals surface area contributed by atoms with E-state index in [4.69, 9.17) is 9.26 Å². The number of nitrogens with zero attached hydrogens (tertiary/aromatic N) is 1. The fourth-order valence-electron chi connectivity index (χ4n) is 2.91. The van der Waals surface area contributed by atoms with Crippen LogP contribution in [0.15, 0.2) is 64.0 Å². The van der Waals surface area contributed by atoms with Crippen LogP contribution >= 0.6 is 11.8 Å². The molecule has 1 amide bonds. The maximum Gasteiger partial charge on any atom is 0.252 e. The average molecular weight is 397 g/mol. The molecule has 1 heterocycles. The largest absolute Gasteiger partial charge is 0.497 e. The number of amides is 1. The lowest BCUT2D eigenvalue weighted by atomic mass is 10.0. The highest BCUT2D eigenvalue weighted by atomic mass is 32.2. The lowest BCUT2D eigenvalue weighted by molar-refractivity contribution is 0.0932. The van der Waals surface area contributed by atoms with Gasteiger partial charge < -0.3 is 14.6 Å². The van der Waals surface area contributed by atoms with Gasteiger partial charge in [0.15, 0.2) is 0 Å². The Balaban J connectivity index is 1.71. The number of hydrogen-bond donors (Lipinski definition) is 1. The van der Waals surface area contributed by atoms with Crippen molar-refractivity contribution in [3.8, 4) is 5.75 Å². The number of thioether (sulfide) groups is 1. The third-order valence-electron chi connectivity index (χ3n) is 4.41. The first-order chi connectivity index (χ1) is 13.6. The van der Waals surface area contributed by atoms with E-state index in [-0.39, 0.29) is 11.9 Å². The van der Waals surface area contributed by atoms with E-state index < -0.39 is 0 Å². The summed E-state index contributed by atoms with van der Waals surface area (Å²) in [6, 6.07) is 17.3. The van der Waals surface area contributed by atoms with Crippen molar-refractivity contribution >= 4 is 17.7 Å². The lowest BCUT2D eigenvalue weighted by Gasteiger charge is -2.19. The first-order valence-electron chi connectivity index (χ1n) is 9.19. The SMILES string of the molecule is CCC(NC(=O)c1ccccc1SCc1cc(C)no1)c1ccc(OC)cc1. The van der Waals surface area contributed by atoms with E-state index in [0.717, 1.165) is 34.1 Å². The average Bonchev–Trinajstić information content (AvgIpc) is 3.15. The van der Waals surface area contributed by atoms with Gasteiger partial charge in [0, 0.05) is 11.0 Å². The van der Waals surface area contributed by atoms with Gasteiger partial charge in [0.05, 0.1) is 30.2 Å². The number of rotatable bonds is 8. The zero-order valence-corrected chi connectivity index (χ0v) is 17.1. The fraction of sp³-hybridized carbons (Fsp3) is 0.273. The Morgan fingerprint density at radius 3 is 2.61 bits per heavy atom. The quantitative estimate of drug-likeness (QED) is 0.533. The van der Waals surface area contributed by atoms with Crippen LogP contribution in [0.1, 0.15) is 46.8 Å². The van der Waals surface area contributed by atoms with E-state index in [1.165, 1.54) is 0 Å². The molecule has 6 heteroatoms. The van der Waals surface area contributed by atoms with Crippen molar-refractivity contribution < 1.29 is 14.1 Å². The van der Waals surface area contributed by atoms with Crippen LogP contribution in [0.5, 0.6) is 5.75 Å². The third-order valence-corrected chi connectivity index (χ3v) is 5.51. The first-order valence-corrected chi connectivity index (χ1v) is 10.2. The molecule has 0 saturated carbocycles. The second kappa shape index (κ2) is 9.46. The number of aryl methyl sites for hydroxylation is 1. The number of aromatic nitrogens is 1. The number of methoxy groups -OCH3 is 1. The van der Waals surface area contributed by atoms with Crippen molar-refractivity contribution in [1.29, 1.82) is 0 Å². The molecule has 28 heavy (non-hydrogen) atoms. The Kier molecular flexibility index (Phi) is 6.76. The van der Waals surface area contributed by atoms with Gasteiger partial charge in [-0.2, -0.15) is 0 Å². The number of ether oxygens (including phenoxy) is 1. The van der Waals surface area contributed by atoms with Gasteiger partial charge in [-0.15, -0.1) is 11.8 Å². The third kappa shape index (κ3) is 4.95. The van der Waals surface area contributed by atoms with Crippen LogP contribution in [-0.4, -0.2) is 18.2 Å². The number of carbonyl (C=O) groups excluding carboxylic acids is 1. The van der Waals surface area contributed by atoms with Crippen LogP contribution < -0.4 is 10.1 Å². The molecule has 3 rings (SSSR count). The molecular weight excluding hydrogens is 372 g/mol. The van der Waals surface area contributed by atoms with Crippen molar-refractivity contribution in [2.75, 3.05) is 7.11 Å². The fourth-order valence-corrected chi connectivity index (χ4v) is 3.83. The molecule has 2 aromatic carbocycles. The normalized spacial score (nSPS) is 11.8. The van der Waals surface area contributed by atoms with Gasteiger partial charge in [0.2, 0.25) is 0 Å². The Hall–Kier alpha value is -2.73. The predicted octanol–water partition coefficient (Wildman–Crippen LogP) is 5.17. The summed E-state index contributed by atoms with van der Waals surface area (Å²) in [5, 5.41) is 7.06. The summed E-state index contributed by atoms with van der Waals surface area (Å²) in [7, 11) is 1.64. The molecule has 0 saturated heterocycles. The summed E-state index contributed by atoms with van der Waals surface area (Å²) in [6.07, 6.45) is 0.796. The maximum atomic E-state index is 13.0. The van der Waals surface area contributed by atoms with Crippen molar-refractivity contribution in [2.24, 2.45) is 0 Å². The molecule has 1 atom stereocenters. The molecule has 0 bridgehead atoms. The summed E-state index contributed by atoms with van der Waals surface area (Å²) in [5.41, 5.74) is 2.57. The van der Waals surface area contributed by atoms with Crippen LogP contribution in [0, 0.1) is 6.92 Å². The minimum atomic E-state index is -0.0838. The molecular formula is C22H24N2O3S. The van der Waals surface area contributed by atoms with Crippen LogP contribution in [0.25, 0.3) is 0 Å². The second-order valence-corrected chi connectivity index (χ2v) is 7.44. The van der Waals surface area contributed by atoms with Crippen LogP contribution in [0.2, 0.25) is 0 Å². The van der Waals surface area contributed by atoms with Crippen molar-refractivity contribution in [3.63, 3.8) is 0 Å². The minimum absolute atomic E-state index is 0.0617. The van der Waals surface area contributed by atoms with Crippen molar-refractivity contribution in [3.05, 3.63) is 77.2 Å². The molecule has 5 nitrogen and oxygen atoms in total. The standard InChI is InChI=1S/C22H24N2O3S/c1-4-20(16-9-11-17(26-3)12-10-16)23-22(25)19-7-5-6-8-21(19)28-14-18-13-15(2)24-27-18/h5-13,20H,4,14H2,1-3H3,(H,23,25). The zero-order chi connectivity index (χ0) is 19.9. The number of hydrogen-bond acceptors (Lipinski definition) is 5. The molecule has 0 radical (unpaired) electrons. The molecule has 0 aliphatic heterocycles. The first kappa shape index (κ1) is 20.0. The lowest BCUT2D eigenvalue weighted by Crippen LogP contribution is -2.28. The second-order valence-electron chi connectivity index (χ2n) is 6.43. The van der Waals surface area contributed by atoms with Gasteiger partial charge in [0.25, 0.3) is 5.91 Å². The van der Waals surface area contributed by atoms with E-state index in [2.05, 4.69) is 17.4 Å². The smallest absolute Gasteiger partial charge is 0.252 e. The summed E-state index contributed by atoms with van der Waals surface area (Å²) >= 11 is 1.57.